The monoisotopic (exact) mass is 392 g/mol. The molecule has 0 aliphatic rings. The van der Waals surface area contributed by atoms with Gasteiger partial charge in [0.15, 0.2) is 0 Å². The van der Waals surface area contributed by atoms with Crippen molar-refractivity contribution in [2.45, 2.75) is 134 Å². The smallest absolute Gasteiger partial charge is 0.267 e. The van der Waals surface area contributed by atoms with Crippen LogP contribution < -0.4 is 0 Å². The van der Waals surface area contributed by atoms with Gasteiger partial charge in [0.25, 0.3) is 10.1 Å². The highest BCUT2D eigenvalue weighted by Gasteiger charge is 2.16. The maximum absolute atomic E-state index is 10.9. The number of hydrogen-bond donors (Lipinski definition) is 2. The second-order valence-electron chi connectivity index (χ2n) is 7.94. The lowest BCUT2D eigenvalue weighted by atomic mass is 10.0. The van der Waals surface area contributed by atoms with Crippen LogP contribution in [0.2, 0.25) is 0 Å². The Hall–Kier alpha value is -0.130. The fraction of sp³-hybridized carbons (Fsp3) is 1.00. The Balaban J connectivity index is 3.31. The molecule has 0 aliphatic heterocycles. The number of hydrogen-bond acceptors (Lipinski definition) is 3. The topological polar surface area (TPSA) is 74.6 Å². The largest absolute Gasteiger partial charge is 0.393 e. The zero-order valence-electron chi connectivity index (χ0n) is 17.3. The fourth-order valence-electron chi connectivity index (χ4n) is 3.33. The summed E-state index contributed by atoms with van der Waals surface area (Å²) in [6.45, 7) is 3.80. The molecule has 2 atom stereocenters. The van der Waals surface area contributed by atoms with Crippen LogP contribution >= 0.6 is 0 Å². The highest BCUT2D eigenvalue weighted by Crippen LogP contribution is 2.16. The van der Waals surface area contributed by atoms with Gasteiger partial charge in [-0.1, -0.05) is 96.8 Å². The molecular weight excluding hydrogens is 348 g/mol. The van der Waals surface area contributed by atoms with Crippen LogP contribution in [0.25, 0.3) is 0 Å². The van der Waals surface area contributed by atoms with Crippen molar-refractivity contribution < 1.29 is 18.1 Å². The van der Waals surface area contributed by atoms with Gasteiger partial charge in [-0.3, -0.25) is 4.55 Å². The predicted molar refractivity (Wildman–Crippen MR) is 111 cm³/mol. The Morgan fingerprint density at radius 1 is 0.654 bits per heavy atom. The molecule has 0 heterocycles. The van der Waals surface area contributed by atoms with E-state index in [1.165, 1.54) is 57.8 Å². The molecule has 0 aliphatic carbocycles. The molecule has 0 rings (SSSR count). The van der Waals surface area contributed by atoms with Crippen LogP contribution in [0.5, 0.6) is 0 Å². The van der Waals surface area contributed by atoms with Gasteiger partial charge in [0.1, 0.15) is 0 Å². The van der Waals surface area contributed by atoms with Gasteiger partial charge in [-0.15, -0.1) is 0 Å². The molecule has 2 unspecified atom stereocenters. The second kappa shape index (κ2) is 17.0. The molecule has 158 valence electrons. The third-order valence-electron chi connectivity index (χ3n) is 5.30. The number of unbranched alkanes of at least 4 members (excludes halogenated alkanes) is 12. The maximum Gasteiger partial charge on any atom is 0.267 e. The van der Waals surface area contributed by atoms with Gasteiger partial charge < -0.3 is 5.11 Å². The molecule has 0 aromatic rings. The lowest BCUT2D eigenvalue weighted by Gasteiger charge is -2.11. The van der Waals surface area contributed by atoms with E-state index in [4.69, 9.17) is 4.55 Å². The van der Waals surface area contributed by atoms with Gasteiger partial charge >= 0.3 is 0 Å². The zero-order chi connectivity index (χ0) is 19.7. The molecule has 0 aromatic heterocycles. The van der Waals surface area contributed by atoms with Crippen molar-refractivity contribution in [1.82, 2.24) is 0 Å². The Morgan fingerprint density at radius 2 is 1.00 bits per heavy atom. The van der Waals surface area contributed by atoms with Gasteiger partial charge in [-0.2, -0.15) is 8.42 Å². The van der Waals surface area contributed by atoms with E-state index in [1.807, 2.05) is 0 Å². The molecule has 0 saturated heterocycles. The maximum atomic E-state index is 10.9. The SMILES string of the molecule is CCCCCCCCCCCCC(O)CCCCCCC(C)S(=O)(=O)O. The molecule has 0 radical (unpaired) electrons. The van der Waals surface area contributed by atoms with E-state index in [2.05, 4.69) is 6.92 Å². The van der Waals surface area contributed by atoms with Crippen LogP contribution in [0.1, 0.15) is 123 Å². The predicted octanol–water partition coefficient (Wildman–Crippen LogP) is 6.28. The molecular formula is C21H44O4S. The van der Waals surface area contributed by atoms with Crippen LogP contribution in [0.15, 0.2) is 0 Å². The van der Waals surface area contributed by atoms with Gasteiger partial charge in [-0.25, -0.2) is 0 Å². The number of rotatable bonds is 19. The van der Waals surface area contributed by atoms with Gasteiger partial charge in [0.2, 0.25) is 0 Å². The summed E-state index contributed by atoms with van der Waals surface area (Å²) in [7, 11) is -3.87. The molecule has 0 aromatic carbocycles. The first-order chi connectivity index (χ1) is 12.4. The van der Waals surface area contributed by atoms with Crippen molar-refractivity contribution in [3.05, 3.63) is 0 Å². The molecule has 0 spiro atoms. The van der Waals surface area contributed by atoms with Crippen molar-refractivity contribution in [2.24, 2.45) is 0 Å². The van der Waals surface area contributed by atoms with E-state index in [9.17, 15) is 13.5 Å². The number of aliphatic hydroxyl groups excluding tert-OH is 1. The first-order valence-electron chi connectivity index (χ1n) is 11.0. The summed E-state index contributed by atoms with van der Waals surface area (Å²) >= 11 is 0. The van der Waals surface area contributed by atoms with Crippen molar-refractivity contribution >= 4 is 10.1 Å². The summed E-state index contributed by atoms with van der Waals surface area (Å²) < 4.78 is 30.7. The first-order valence-corrected chi connectivity index (χ1v) is 12.5. The molecule has 26 heavy (non-hydrogen) atoms. The number of aliphatic hydroxyl groups is 1. The molecule has 0 saturated carbocycles. The summed E-state index contributed by atoms with van der Waals surface area (Å²) in [5, 5.41) is 9.35. The third-order valence-corrected chi connectivity index (χ3v) is 6.55. The lowest BCUT2D eigenvalue weighted by molar-refractivity contribution is 0.147. The van der Waals surface area contributed by atoms with E-state index in [0.29, 0.717) is 6.42 Å². The third kappa shape index (κ3) is 17.3. The summed E-state index contributed by atoms with van der Waals surface area (Å²) in [5.74, 6) is 0. The van der Waals surface area contributed by atoms with Crippen molar-refractivity contribution in [3.8, 4) is 0 Å². The molecule has 0 amide bonds. The van der Waals surface area contributed by atoms with Crippen LogP contribution in [0.4, 0.5) is 0 Å². The van der Waals surface area contributed by atoms with E-state index < -0.39 is 15.4 Å². The van der Waals surface area contributed by atoms with Crippen LogP contribution in [-0.2, 0) is 10.1 Å². The minimum absolute atomic E-state index is 0.180. The molecule has 4 nitrogen and oxygen atoms in total. The summed E-state index contributed by atoms with van der Waals surface area (Å²) in [4.78, 5) is 0. The van der Waals surface area contributed by atoms with E-state index in [1.54, 1.807) is 6.92 Å². The highest BCUT2D eigenvalue weighted by molar-refractivity contribution is 7.86. The Kier molecular flexibility index (Phi) is 16.9. The second-order valence-corrected chi connectivity index (χ2v) is 9.78. The summed E-state index contributed by atoms with van der Waals surface area (Å²) in [5.41, 5.74) is 0. The van der Waals surface area contributed by atoms with Crippen LogP contribution in [0.3, 0.4) is 0 Å². The normalized spacial score (nSPS) is 14.5. The van der Waals surface area contributed by atoms with Gasteiger partial charge in [-0.05, 0) is 26.2 Å². The Labute approximate surface area is 162 Å². The zero-order valence-corrected chi connectivity index (χ0v) is 18.1. The average molecular weight is 393 g/mol. The molecule has 5 heteroatoms. The lowest BCUT2D eigenvalue weighted by Crippen LogP contribution is -2.16. The molecule has 0 bridgehead atoms. The Morgan fingerprint density at radius 3 is 1.38 bits per heavy atom. The standard InChI is InChI=1S/C21H44O4S/c1-3-4-5-6-7-8-9-10-11-15-18-21(22)19-16-13-12-14-17-20(2)26(23,24)25/h20-22H,3-19H2,1-2H3,(H,23,24,25). The van der Waals surface area contributed by atoms with Crippen molar-refractivity contribution in [3.63, 3.8) is 0 Å². The van der Waals surface area contributed by atoms with E-state index >= 15 is 0 Å². The quantitative estimate of drug-likeness (QED) is 0.200. The summed E-state index contributed by atoms with van der Waals surface area (Å²) in [6.07, 6.45) is 19.1. The fourth-order valence-corrected chi connectivity index (χ4v) is 3.79. The van der Waals surface area contributed by atoms with Crippen LogP contribution in [-0.4, -0.2) is 29.4 Å². The summed E-state index contributed by atoms with van der Waals surface area (Å²) in [6, 6.07) is 0. The van der Waals surface area contributed by atoms with Gasteiger partial charge in [0, 0.05) is 0 Å². The van der Waals surface area contributed by atoms with E-state index in [0.717, 1.165) is 44.9 Å². The molecule has 0 fully saturated rings. The first kappa shape index (κ1) is 25.9. The van der Waals surface area contributed by atoms with Crippen molar-refractivity contribution in [1.29, 1.82) is 0 Å². The Bertz CT molecular complexity index is 395. The highest BCUT2D eigenvalue weighted by atomic mass is 32.2. The minimum Gasteiger partial charge on any atom is -0.393 e. The van der Waals surface area contributed by atoms with Gasteiger partial charge in [0.05, 0.1) is 11.4 Å². The van der Waals surface area contributed by atoms with Crippen LogP contribution in [0, 0.1) is 0 Å². The molecule has 2 N–H and O–H groups in total. The van der Waals surface area contributed by atoms with Crippen molar-refractivity contribution in [2.75, 3.05) is 0 Å². The average Bonchev–Trinajstić information content (AvgIpc) is 2.58. The van der Waals surface area contributed by atoms with E-state index in [-0.39, 0.29) is 6.10 Å². The minimum atomic E-state index is -3.87.